The van der Waals surface area contributed by atoms with Crippen LogP contribution < -0.4 is 11.1 Å². The third-order valence-electron chi connectivity index (χ3n) is 4.49. The van der Waals surface area contributed by atoms with Crippen LogP contribution in [0.3, 0.4) is 0 Å². The van der Waals surface area contributed by atoms with Crippen LogP contribution in [0.5, 0.6) is 5.75 Å². The van der Waals surface area contributed by atoms with E-state index >= 15 is 0 Å². The molecule has 4 N–H and O–H groups in total. The number of hydrogen-bond donors (Lipinski definition) is 3. The molecule has 3 rings (SSSR count). The van der Waals surface area contributed by atoms with Crippen LogP contribution in [0, 0.1) is 0 Å². The number of anilines is 1. The summed E-state index contributed by atoms with van der Waals surface area (Å²) in [4.78, 5) is 8.57. The number of phenols is 1. The molecule has 0 fully saturated rings. The lowest BCUT2D eigenvalue weighted by atomic mass is 10.00. The van der Waals surface area contributed by atoms with E-state index in [4.69, 9.17) is 5.73 Å². The molecular formula is C21H21F3N4O. The summed E-state index contributed by atoms with van der Waals surface area (Å²) >= 11 is 0. The first-order chi connectivity index (χ1) is 13.8. The van der Waals surface area contributed by atoms with Gasteiger partial charge in [0.2, 0.25) is 0 Å². The number of alkyl halides is 3. The normalized spacial score (nSPS) is 12.6. The number of hydrogen-bond acceptors (Lipinski definition) is 5. The van der Waals surface area contributed by atoms with E-state index in [2.05, 4.69) is 15.3 Å². The maximum atomic E-state index is 13.0. The standard InChI is InChI=1S/C21H21F3N4O/c1-2-16(25)12-27-19-8-9-26-20(28-19)17-11-14(6-7-18(17)29)13-4-3-5-15(10-13)21(22,23)24/h3-11,16,29H,2,12,25H2,1H3,(H,26,27,28)/t16-/m1/s1. The molecule has 0 saturated carbocycles. The van der Waals surface area contributed by atoms with Crippen molar-refractivity contribution in [2.45, 2.75) is 25.6 Å². The molecule has 29 heavy (non-hydrogen) atoms. The van der Waals surface area contributed by atoms with E-state index in [0.717, 1.165) is 18.6 Å². The summed E-state index contributed by atoms with van der Waals surface area (Å²) in [5.74, 6) is 0.734. The van der Waals surface area contributed by atoms with Crippen LogP contribution in [0.4, 0.5) is 19.0 Å². The lowest BCUT2D eigenvalue weighted by Crippen LogP contribution is -2.28. The Hall–Kier alpha value is -3.13. The molecule has 0 aliphatic carbocycles. The zero-order valence-corrected chi connectivity index (χ0v) is 15.7. The highest BCUT2D eigenvalue weighted by Crippen LogP contribution is 2.35. The van der Waals surface area contributed by atoms with E-state index < -0.39 is 11.7 Å². The zero-order valence-electron chi connectivity index (χ0n) is 15.7. The lowest BCUT2D eigenvalue weighted by molar-refractivity contribution is -0.137. The second-order valence-electron chi connectivity index (χ2n) is 6.63. The van der Waals surface area contributed by atoms with Crippen LogP contribution in [-0.2, 0) is 6.18 Å². The highest BCUT2D eigenvalue weighted by Gasteiger charge is 2.30. The van der Waals surface area contributed by atoms with E-state index in [-0.39, 0.29) is 17.6 Å². The highest BCUT2D eigenvalue weighted by atomic mass is 19.4. The van der Waals surface area contributed by atoms with Gasteiger partial charge in [0, 0.05) is 18.8 Å². The average molecular weight is 402 g/mol. The summed E-state index contributed by atoms with van der Waals surface area (Å²) in [6.07, 6.45) is -2.08. The van der Waals surface area contributed by atoms with Gasteiger partial charge in [0.1, 0.15) is 11.6 Å². The Morgan fingerprint density at radius 3 is 2.59 bits per heavy atom. The molecule has 8 heteroatoms. The Kier molecular flexibility index (Phi) is 6.03. The molecule has 0 aliphatic heterocycles. The molecule has 0 spiro atoms. The average Bonchev–Trinajstić information content (AvgIpc) is 2.72. The van der Waals surface area contributed by atoms with E-state index in [1.54, 1.807) is 30.5 Å². The van der Waals surface area contributed by atoms with Gasteiger partial charge >= 0.3 is 6.18 Å². The molecule has 0 aliphatic rings. The van der Waals surface area contributed by atoms with Crippen molar-refractivity contribution >= 4 is 5.82 Å². The van der Waals surface area contributed by atoms with Crippen molar-refractivity contribution in [2.24, 2.45) is 5.73 Å². The molecule has 0 radical (unpaired) electrons. The fourth-order valence-electron chi connectivity index (χ4n) is 2.74. The summed E-state index contributed by atoms with van der Waals surface area (Å²) in [6.45, 7) is 2.51. The topological polar surface area (TPSA) is 84.1 Å². The number of aromatic nitrogens is 2. The Balaban J connectivity index is 1.94. The number of nitrogens with two attached hydrogens (primary N) is 1. The van der Waals surface area contributed by atoms with Crippen molar-refractivity contribution in [3.63, 3.8) is 0 Å². The molecule has 152 valence electrons. The van der Waals surface area contributed by atoms with E-state index in [0.29, 0.717) is 29.1 Å². The summed E-state index contributed by atoms with van der Waals surface area (Å²) in [7, 11) is 0. The smallest absolute Gasteiger partial charge is 0.416 e. The van der Waals surface area contributed by atoms with Crippen LogP contribution in [0.1, 0.15) is 18.9 Å². The van der Waals surface area contributed by atoms with Crippen molar-refractivity contribution in [1.82, 2.24) is 9.97 Å². The molecule has 0 amide bonds. The van der Waals surface area contributed by atoms with Gasteiger partial charge in [0.25, 0.3) is 0 Å². The number of aromatic hydroxyl groups is 1. The molecule has 0 unspecified atom stereocenters. The van der Waals surface area contributed by atoms with Crippen LogP contribution in [0.25, 0.3) is 22.5 Å². The third kappa shape index (κ3) is 5.03. The quantitative estimate of drug-likeness (QED) is 0.557. The van der Waals surface area contributed by atoms with Gasteiger partial charge in [-0.2, -0.15) is 13.2 Å². The van der Waals surface area contributed by atoms with Crippen LogP contribution in [0.2, 0.25) is 0 Å². The lowest BCUT2D eigenvalue weighted by Gasteiger charge is -2.12. The molecule has 0 saturated heterocycles. The second kappa shape index (κ2) is 8.48. The van der Waals surface area contributed by atoms with Crippen LogP contribution >= 0.6 is 0 Å². The van der Waals surface area contributed by atoms with Gasteiger partial charge in [0.15, 0.2) is 5.82 Å². The Morgan fingerprint density at radius 2 is 1.86 bits per heavy atom. The van der Waals surface area contributed by atoms with Gasteiger partial charge in [-0.3, -0.25) is 0 Å². The molecule has 0 bridgehead atoms. The molecular weight excluding hydrogens is 381 g/mol. The van der Waals surface area contributed by atoms with E-state index in [1.807, 2.05) is 6.92 Å². The number of rotatable bonds is 6. The predicted octanol–water partition coefficient (Wildman–Crippen LogP) is 4.68. The van der Waals surface area contributed by atoms with Crippen LogP contribution in [-0.4, -0.2) is 27.7 Å². The van der Waals surface area contributed by atoms with Gasteiger partial charge in [-0.15, -0.1) is 0 Å². The minimum absolute atomic E-state index is 0.0222. The second-order valence-corrected chi connectivity index (χ2v) is 6.63. The Morgan fingerprint density at radius 1 is 1.10 bits per heavy atom. The minimum atomic E-state index is -4.43. The first kappa shape index (κ1) is 20.6. The number of phenolic OH excluding ortho intramolecular Hbond substituents is 1. The highest BCUT2D eigenvalue weighted by molar-refractivity contribution is 5.75. The maximum Gasteiger partial charge on any atom is 0.416 e. The first-order valence-electron chi connectivity index (χ1n) is 9.11. The van der Waals surface area contributed by atoms with Gasteiger partial charge in [0.05, 0.1) is 11.1 Å². The summed E-state index contributed by atoms with van der Waals surface area (Å²) in [6, 6.07) is 11.2. The van der Waals surface area contributed by atoms with Gasteiger partial charge < -0.3 is 16.2 Å². The SMILES string of the molecule is CC[C@@H](N)CNc1ccnc(-c2cc(-c3cccc(C(F)(F)F)c3)ccc2O)n1. The van der Waals surface area contributed by atoms with Gasteiger partial charge in [-0.25, -0.2) is 9.97 Å². The van der Waals surface area contributed by atoms with E-state index in [9.17, 15) is 18.3 Å². The summed E-state index contributed by atoms with van der Waals surface area (Å²) < 4.78 is 39.0. The molecule has 1 atom stereocenters. The monoisotopic (exact) mass is 402 g/mol. The van der Waals surface area contributed by atoms with Crippen molar-refractivity contribution in [3.8, 4) is 28.3 Å². The zero-order chi connectivity index (χ0) is 21.0. The molecule has 1 aromatic heterocycles. The number of nitrogens with zero attached hydrogens (tertiary/aromatic N) is 2. The number of nitrogens with one attached hydrogen (secondary N) is 1. The van der Waals surface area contributed by atoms with Gasteiger partial charge in [-0.1, -0.05) is 25.1 Å². The van der Waals surface area contributed by atoms with Crippen molar-refractivity contribution in [2.75, 3.05) is 11.9 Å². The van der Waals surface area contributed by atoms with Gasteiger partial charge in [-0.05, 0) is 47.9 Å². The van der Waals surface area contributed by atoms with Crippen molar-refractivity contribution in [3.05, 3.63) is 60.3 Å². The summed E-state index contributed by atoms with van der Waals surface area (Å²) in [5.41, 5.74) is 6.37. The Labute approximate surface area is 166 Å². The molecule has 3 aromatic rings. The molecule has 1 heterocycles. The van der Waals surface area contributed by atoms with Crippen molar-refractivity contribution in [1.29, 1.82) is 0 Å². The third-order valence-corrected chi connectivity index (χ3v) is 4.49. The fourth-order valence-corrected chi connectivity index (χ4v) is 2.74. The number of halogens is 3. The first-order valence-corrected chi connectivity index (χ1v) is 9.11. The molecule has 2 aromatic carbocycles. The molecule has 5 nitrogen and oxygen atoms in total. The minimum Gasteiger partial charge on any atom is -0.507 e. The van der Waals surface area contributed by atoms with Crippen molar-refractivity contribution < 1.29 is 18.3 Å². The van der Waals surface area contributed by atoms with Crippen LogP contribution in [0.15, 0.2) is 54.7 Å². The largest absolute Gasteiger partial charge is 0.507 e. The number of benzene rings is 2. The Bertz CT molecular complexity index is 992. The maximum absolute atomic E-state index is 13.0. The fraction of sp³-hybridized carbons (Fsp3) is 0.238. The predicted molar refractivity (Wildman–Crippen MR) is 106 cm³/mol. The van der Waals surface area contributed by atoms with E-state index in [1.165, 1.54) is 12.1 Å². The summed E-state index contributed by atoms with van der Waals surface area (Å²) in [5, 5.41) is 13.4.